The molecule has 0 bridgehead atoms. The van der Waals surface area contributed by atoms with Gasteiger partial charge in [0.25, 0.3) is 0 Å². The largest absolute Gasteiger partial charge is 0.345 e. The number of benzene rings is 1. The second kappa shape index (κ2) is 8.76. The van der Waals surface area contributed by atoms with Gasteiger partial charge in [0.2, 0.25) is 5.91 Å². The number of hydrogen-bond donors (Lipinski definition) is 1. The van der Waals surface area contributed by atoms with Crippen LogP contribution < -0.4 is 5.32 Å². The monoisotopic (exact) mass is 344 g/mol. The Morgan fingerprint density at radius 1 is 1.17 bits per heavy atom. The van der Waals surface area contributed by atoms with Crippen LogP contribution in [-0.4, -0.2) is 36.2 Å². The minimum atomic E-state index is -0.481. The van der Waals surface area contributed by atoms with E-state index in [0.717, 1.165) is 5.56 Å². The van der Waals surface area contributed by atoms with Crippen molar-refractivity contribution in [3.05, 3.63) is 58.3 Å². The summed E-state index contributed by atoms with van der Waals surface area (Å²) in [5, 5.41) is 4.90. The van der Waals surface area contributed by atoms with Crippen LogP contribution in [0.5, 0.6) is 0 Å². The van der Waals surface area contributed by atoms with E-state index >= 15 is 0 Å². The van der Waals surface area contributed by atoms with Crippen molar-refractivity contribution in [3.63, 3.8) is 0 Å². The molecule has 0 saturated heterocycles. The maximum Gasteiger partial charge on any atom is 0.234 e. The van der Waals surface area contributed by atoms with Crippen LogP contribution in [0.25, 0.3) is 0 Å². The summed E-state index contributed by atoms with van der Waals surface area (Å²) < 4.78 is 0. The van der Waals surface area contributed by atoms with Crippen molar-refractivity contribution in [3.8, 4) is 0 Å². The number of thiophene rings is 1. The minimum absolute atomic E-state index is 0.0267. The Balaban J connectivity index is 1.92. The third kappa shape index (κ3) is 5.28. The smallest absolute Gasteiger partial charge is 0.234 e. The lowest BCUT2D eigenvalue weighted by molar-refractivity contribution is -0.127. The SMILES string of the molecule is CC(=O)C(Cc1ccccc1)NC(=O)CN(C)C(C)c1cccs1. The first kappa shape index (κ1) is 18.4. The van der Waals surface area contributed by atoms with Crippen molar-refractivity contribution in [2.24, 2.45) is 0 Å². The predicted octanol–water partition coefficient (Wildman–Crippen LogP) is 3.06. The first-order valence-electron chi connectivity index (χ1n) is 8.04. The molecule has 1 aromatic heterocycles. The lowest BCUT2D eigenvalue weighted by Gasteiger charge is -2.24. The summed E-state index contributed by atoms with van der Waals surface area (Å²) in [5.74, 6) is -0.154. The summed E-state index contributed by atoms with van der Waals surface area (Å²) in [7, 11) is 1.92. The quantitative estimate of drug-likeness (QED) is 0.801. The van der Waals surface area contributed by atoms with E-state index in [2.05, 4.69) is 18.3 Å². The molecule has 2 unspecified atom stereocenters. The summed E-state index contributed by atoms with van der Waals surface area (Å²) >= 11 is 1.68. The van der Waals surface area contributed by atoms with Crippen molar-refractivity contribution >= 4 is 23.0 Å². The van der Waals surface area contributed by atoms with Crippen LogP contribution in [-0.2, 0) is 16.0 Å². The number of rotatable bonds is 8. The predicted molar refractivity (Wildman–Crippen MR) is 98.1 cm³/mol. The van der Waals surface area contributed by atoms with E-state index in [0.29, 0.717) is 6.42 Å². The summed E-state index contributed by atoms with van der Waals surface area (Å²) in [6, 6.07) is 13.5. The van der Waals surface area contributed by atoms with Crippen LogP contribution in [0.15, 0.2) is 47.8 Å². The molecule has 0 spiro atoms. The van der Waals surface area contributed by atoms with Gasteiger partial charge in [0.15, 0.2) is 5.78 Å². The number of nitrogens with zero attached hydrogens (tertiary/aromatic N) is 1. The molecule has 0 fully saturated rings. The summed E-state index contributed by atoms with van der Waals surface area (Å²) in [6.45, 7) is 3.86. The molecule has 2 aromatic rings. The number of Topliss-reactive ketones (excluding diaryl/α,β-unsaturated/α-hetero) is 1. The normalized spacial score (nSPS) is 13.5. The Morgan fingerprint density at radius 3 is 2.46 bits per heavy atom. The maximum absolute atomic E-state index is 12.3. The maximum atomic E-state index is 12.3. The molecule has 0 saturated carbocycles. The van der Waals surface area contributed by atoms with Gasteiger partial charge in [-0.3, -0.25) is 14.5 Å². The molecule has 4 nitrogen and oxygen atoms in total. The van der Waals surface area contributed by atoms with Crippen LogP contribution in [0, 0.1) is 0 Å². The molecule has 1 amide bonds. The van der Waals surface area contributed by atoms with E-state index < -0.39 is 6.04 Å². The highest BCUT2D eigenvalue weighted by atomic mass is 32.1. The van der Waals surface area contributed by atoms with Crippen molar-refractivity contribution in [1.82, 2.24) is 10.2 Å². The zero-order valence-corrected chi connectivity index (χ0v) is 15.2. The molecule has 0 aliphatic carbocycles. The molecule has 128 valence electrons. The fourth-order valence-corrected chi connectivity index (χ4v) is 3.34. The van der Waals surface area contributed by atoms with Crippen molar-refractivity contribution < 1.29 is 9.59 Å². The number of nitrogens with one attached hydrogen (secondary N) is 1. The first-order chi connectivity index (χ1) is 11.5. The number of carbonyl (C=O) groups excluding carboxylic acids is 2. The van der Waals surface area contributed by atoms with Gasteiger partial charge in [-0.2, -0.15) is 0 Å². The number of amides is 1. The van der Waals surface area contributed by atoms with Gasteiger partial charge in [0, 0.05) is 10.9 Å². The lowest BCUT2D eigenvalue weighted by Crippen LogP contribution is -2.45. The van der Waals surface area contributed by atoms with Gasteiger partial charge in [-0.05, 0) is 44.3 Å². The van der Waals surface area contributed by atoms with E-state index in [1.165, 1.54) is 11.8 Å². The summed E-state index contributed by atoms with van der Waals surface area (Å²) in [6.07, 6.45) is 0.520. The number of carbonyl (C=O) groups is 2. The topological polar surface area (TPSA) is 49.4 Å². The van der Waals surface area contributed by atoms with Crippen molar-refractivity contribution in [1.29, 1.82) is 0 Å². The van der Waals surface area contributed by atoms with Crippen molar-refractivity contribution in [2.75, 3.05) is 13.6 Å². The highest BCUT2D eigenvalue weighted by molar-refractivity contribution is 7.10. The molecule has 2 atom stereocenters. The molecule has 0 radical (unpaired) electrons. The highest BCUT2D eigenvalue weighted by Gasteiger charge is 2.20. The van der Waals surface area contributed by atoms with Crippen molar-refractivity contribution in [2.45, 2.75) is 32.4 Å². The van der Waals surface area contributed by atoms with Crippen LogP contribution in [0.2, 0.25) is 0 Å². The molecule has 0 aliphatic heterocycles. The molecular weight excluding hydrogens is 320 g/mol. The second-order valence-electron chi connectivity index (χ2n) is 6.03. The molecule has 5 heteroatoms. The van der Waals surface area contributed by atoms with E-state index in [1.54, 1.807) is 11.3 Å². The Kier molecular flexibility index (Phi) is 6.70. The van der Waals surface area contributed by atoms with E-state index in [9.17, 15) is 9.59 Å². The van der Waals surface area contributed by atoms with Crippen LogP contribution in [0.1, 0.15) is 30.3 Å². The van der Waals surface area contributed by atoms with Gasteiger partial charge in [-0.15, -0.1) is 11.3 Å². The van der Waals surface area contributed by atoms with Gasteiger partial charge in [0.1, 0.15) is 0 Å². The lowest BCUT2D eigenvalue weighted by atomic mass is 10.0. The molecular formula is C19H24N2O2S. The number of likely N-dealkylation sites (N-methyl/N-ethyl adjacent to an activating group) is 1. The molecule has 0 aliphatic rings. The minimum Gasteiger partial charge on any atom is -0.345 e. The third-order valence-corrected chi connectivity index (χ3v) is 5.16. The fourth-order valence-electron chi connectivity index (χ4n) is 2.50. The molecule has 2 rings (SSSR count). The highest BCUT2D eigenvalue weighted by Crippen LogP contribution is 2.22. The summed E-state index contributed by atoms with van der Waals surface area (Å²) in [5.41, 5.74) is 1.04. The fraction of sp³-hybridized carbons (Fsp3) is 0.368. The second-order valence-corrected chi connectivity index (χ2v) is 7.01. The van der Waals surface area contributed by atoms with E-state index in [-0.39, 0.29) is 24.3 Å². The zero-order chi connectivity index (χ0) is 17.5. The van der Waals surface area contributed by atoms with E-state index in [4.69, 9.17) is 0 Å². The Hall–Kier alpha value is -1.98. The molecule has 1 N–H and O–H groups in total. The third-order valence-electron chi connectivity index (χ3n) is 4.12. The molecule has 1 heterocycles. The van der Waals surface area contributed by atoms with Gasteiger partial charge < -0.3 is 5.32 Å². The first-order valence-corrected chi connectivity index (χ1v) is 8.92. The summed E-state index contributed by atoms with van der Waals surface area (Å²) in [4.78, 5) is 27.4. The van der Waals surface area contributed by atoms with Gasteiger partial charge in [-0.25, -0.2) is 0 Å². The Morgan fingerprint density at radius 2 is 1.88 bits per heavy atom. The number of hydrogen-bond acceptors (Lipinski definition) is 4. The van der Waals surface area contributed by atoms with Gasteiger partial charge >= 0.3 is 0 Å². The van der Waals surface area contributed by atoms with Crippen LogP contribution >= 0.6 is 11.3 Å². The van der Waals surface area contributed by atoms with Gasteiger partial charge in [0.05, 0.1) is 12.6 Å². The molecule has 1 aromatic carbocycles. The van der Waals surface area contributed by atoms with Crippen LogP contribution in [0.4, 0.5) is 0 Å². The Labute approximate surface area is 147 Å². The zero-order valence-electron chi connectivity index (χ0n) is 14.4. The average Bonchev–Trinajstić information content (AvgIpc) is 3.08. The van der Waals surface area contributed by atoms with E-state index in [1.807, 2.05) is 53.7 Å². The Bertz CT molecular complexity index is 655. The number of ketones is 1. The van der Waals surface area contributed by atoms with Crippen LogP contribution in [0.3, 0.4) is 0 Å². The van der Waals surface area contributed by atoms with Gasteiger partial charge in [-0.1, -0.05) is 36.4 Å². The standard InChI is InChI=1S/C19H24N2O2S/c1-14(18-10-7-11-24-18)21(3)13-19(23)20-17(15(2)22)12-16-8-5-4-6-9-16/h4-11,14,17H,12-13H2,1-3H3,(H,20,23). The average molecular weight is 344 g/mol. The molecule has 24 heavy (non-hydrogen) atoms.